The number of nitriles is 1. The molecule has 0 spiro atoms. The summed E-state index contributed by atoms with van der Waals surface area (Å²) in [4.78, 5) is 4.65. The topological polar surface area (TPSA) is 30.3 Å². The van der Waals surface area contributed by atoms with Crippen molar-refractivity contribution in [2.24, 2.45) is 0 Å². The van der Waals surface area contributed by atoms with Crippen LogP contribution in [0.3, 0.4) is 0 Å². The molecule has 18 heavy (non-hydrogen) atoms. The Hall–Kier alpha value is -1.08. The molecule has 0 radical (unpaired) electrons. The molecule has 0 saturated carbocycles. The SMILES string of the molecule is CC(C#N)N1CCN(Cc2ccc(Cl)cc2)CC1. The molecular formula is C14H18ClN3. The van der Waals surface area contributed by atoms with Crippen LogP contribution in [0, 0.1) is 11.3 Å². The molecule has 96 valence electrons. The Morgan fingerprint density at radius 2 is 1.83 bits per heavy atom. The maximum absolute atomic E-state index is 8.90. The van der Waals surface area contributed by atoms with Gasteiger partial charge in [0.05, 0.1) is 12.1 Å². The van der Waals surface area contributed by atoms with Gasteiger partial charge in [-0.25, -0.2) is 0 Å². The lowest BCUT2D eigenvalue weighted by molar-refractivity contribution is 0.114. The highest BCUT2D eigenvalue weighted by Crippen LogP contribution is 2.13. The molecule has 1 saturated heterocycles. The van der Waals surface area contributed by atoms with Gasteiger partial charge in [0.15, 0.2) is 0 Å². The van der Waals surface area contributed by atoms with Crippen molar-refractivity contribution in [2.45, 2.75) is 19.5 Å². The summed E-state index contributed by atoms with van der Waals surface area (Å²) in [6, 6.07) is 10.4. The first-order valence-corrected chi connectivity index (χ1v) is 6.67. The fourth-order valence-electron chi connectivity index (χ4n) is 2.24. The Kier molecular flexibility index (Phi) is 4.60. The molecule has 3 nitrogen and oxygen atoms in total. The van der Waals surface area contributed by atoms with E-state index in [1.807, 2.05) is 19.1 Å². The highest BCUT2D eigenvalue weighted by molar-refractivity contribution is 6.30. The van der Waals surface area contributed by atoms with E-state index in [1.54, 1.807) is 0 Å². The summed E-state index contributed by atoms with van der Waals surface area (Å²) in [5, 5.41) is 9.68. The average molecular weight is 264 g/mol. The zero-order valence-corrected chi connectivity index (χ0v) is 11.4. The fourth-order valence-corrected chi connectivity index (χ4v) is 2.36. The molecular weight excluding hydrogens is 246 g/mol. The molecule has 1 aliphatic heterocycles. The number of hydrogen-bond acceptors (Lipinski definition) is 3. The van der Waals surface area contributed by atoms with Gasteiger partial charge in [-0.1, -0.05) is 23.7 Å². The van der Waals surface area contributed by atoms with Gasteiger partial charge >= 0.3 is 0 Å². The van der Waals surface area contributed by atoms with Crippen molar-refractivity contribution in [3.8, 4) is 6.07 Å². The van der Waals surface area contributed by atoms with Gasteiger partial charge in [-0.15, -0.1) is 0 Å². The maximum Gasteiger partial charge on any atom is 0.0950 e. The fraction of sp³-hybridized carbons (Fsp3) is 0.500. The smallest absolute Gasteiger partial charge is 0.0950 e. The molecule has 4 heteroatoms. The van der Waals surface area contributed by atoms with Crippen molar-refractivity contribution in [2.75, 3.05) is 26.2 Å². The minimum absolute atomic E-state index is 0.0303. The Bertz CT molecular complexity index is 416. The van der Waals surface area contributed by atoms with Crippen LogP contribution in [0.1, 0.15) is 12.5 Å². The number of hydrogen-bond donors (Lipinski definition) is 0. The molecule has 1 fully saturated rings. The van der Waals surface area contributed by atoms with Crippen LogP contribution < -0.4 is 0 Å². The van der Waals surface area contributed by atoms with Crippen LogP contribution in [0.4, 0.5) is 0 Å². The van der Waals surface area contributed by atoms with Gasteiger partial charge in [0.2, 0.25) is 0 Å². The highest BCUT2D eigenvalue weighted by Gasteiger charge is 2.20. The third kappa shape index (κ3) is 3.46. The summed E-state index contributed by atoms with van der Waals surface area (Å²) in [6.45, 7) is 6.93. The van der Waals surface area contributed by atoms with E-state index in [0.29, 0.717) is 0 Å². The van der Waals surface area contributed by atoms with Crippen molar-refractivity contribution in [1.82, 2.24) is 9.80 Å². The van der Waals surface area contributed by atoms with Gasteiger partial charge in [0.25, 0.3) is 0 Å². The lowest BCUT2D eigenvalue weighted by Gasteiger charge is -2.35. The van der Waals surface area contributed by atoms with Crippen LogP contribution in [0.2, 0.25) is 5.02 Å². The predicted molar refractivity (Wildman–Crippen MR) is 73.4 cm³/mol. The summed E-state index contributed by atoms with van der Waals surface area (Å²) in [6.07, 6.45) is 0. The molecule has 1 heterocycles. The average Bonchev–Trinajstić information content (AvgIpc) is 2.41. The standard InChI is InChI=1S/C14H18ClN3/c1-12(10-16)18-8-6-17(7-9-18)11-13-2-4-14(15)5-3-13/h2-5,12H,6-9,11H2,1H3. The molecule has 0 N–H and O–H groups in total. The summed E-state index contributed by atoms with van der Waals surface area (Å²) < 4.78 is 0. The number of halogens is 1. The monoisotopic (exact) mass is 263 g/mol. The molecule has 1 unspecified atom stereocenters. The minimum Gasteiger partial charge on any atom is -0.297 e. The molecule has 1 atom stereocenters. The number of benzene rings is 1. The van der Waals surface area contributed by atoms with Crippen LogP contribution in [0.15, 0.2) is 24.3 Å². The second kappa shape index (κ2) is 6.19. The second-order valence-corrected chi connectivity index (χ2v) is 5.18. The molecule has 0 bridgehead atoms. The molecule has 0 aromatic heterocycles. The molecule has 0 aliphatic carbocycles. The van der Waals surface area contributed by atoms with Crippen molar-refractivity contribution >= 4 is 11.6 Å². The molecule has 2 rings (SSSR count). The molecule has 0 amide bonds. The van der Waals surface area contributed by atoms with E-state index in [0.717, 1.165) is 37.7 Å². The Morgan fingerprint density at radius 1 is 1.22 bits per heavy atom. The van der Waals surface area contributed by atoms with Crippen LogP contribution >= 0.6 is 11.6 Å². The first-order chi connectivity index (χ1) is 8.69. The first-order valence-electron chi connectivity index (χ1n) is 6.29. The quantitative estimate of drug-likeness (QED) is 0.839. The number of nitrogens with zero attached hydrogens (tertiary/aromatic N) is 3. The van der Waals surface area contributed by atoms with Crippen LogP contribution in [-0.4, -0.2) is 42.0 Å². The van der Waals surface area contributed by atoms with Crippen molar-refractivity contribution in [3.63, 3.8) is 0 Å². The van der Waals surface area contributed by atoms with Crippen molar-refractivity contribution in [3.05, 3.63) is 34.9 Å². The Labute approximate surface area is 114 Å². The van der Waals surface area contributed by atoms with Gasteiger partial charge < -0.3 is 0 Å². The van der Waals surface area contributed by atoms with E-state index < -0.39 is 0 Å². The lowest BCUT2D eigenvalue weighted by Crippen LogP contribution is -2.48. The van der Waals surface area contributed by atoms with Crippen LogP contribution in [0.25, 0.3) is 0 Å². The number of rotatable bonds is 3. The maximum atomic E-state index is 8.90. The van der Waals surface area contributed by atoms with Gasteiger partial charge in [-0.3, -0.25) is 9.80 Å². The third-order valence-corrected chi connectivity index (χ3v) is 3.71. The Morgan fingerprint density at radius 3 is 2.39 bits per heavy atom. The molecule has 1 aromatic rings. The highest BCUT2D eigenvalue weighted by atomic mass is 35.5. The van der Waals surface area contributed by atoms with Gasteiger partial charge in [-0.05, 0) is 24.6 Å². The zero-order chi connectivity index (χ0) is 13.0. The second-order valence-electron chi connectivity index (χ2n) is 4.74. The molecule has 1 aromatic carbocycles. The number of piperazine rings is 1. The zero-order valence-electron chi connectivity index (χ0n) is 10.6. The predicted octanol–water partition coefficient (Wildman–Crippen LogP) is 2.37. The van der Waals surface area contributed by atoms with E-state index in [1.165, 1.54) is 5.56 Å². The van der Waals surface area contributed by atoms with E-state index >= 15 is 0 Å². The van der Waals surface area contributed by atoms with E-state index in [2.05, 4.69) is 28.0 Å². The minimum atomic E-state index is 0.0303. The van der Waals surface area contributed by atoms with Crippen molar-refractivity contribution < 1.29 is 0 Å². The third-order valence-electron chi connectivity index (χ3n) is 3.46. The van der Waals surface area contributed by atoms with Gasteiger partial charge in [0, 0.05) is 37.7 Å². The van der Waals surface area contributed by atoms with Gasteiger partial charge in [-0.2, -0.15) is 5.26 Å². The summed E-state index contributed by atoms with van der Waals surface area (Å²) in [7, 11) is 0. The molecule has 1 aliphatic rings. The van der Waals surface area contributed by atoms with Gasteiger partial charge in [0.1, 0.15) is 0 Å². The largest absolute Gasteiger partial charge is 0.297 e. The Balaban J connectivity index is 1.84. The van der Waals surface area contributed by atoms with Crippen molar-refractivity contribution in [1.29, 1.82) is 5.26 Å². The first kappa shape index (κ1) is 13.4. The van der Waals surface area contributed by atoms with Crippen LogP contribution in [-0.2, 0) is 6.54 Å². The van der Waals surface area contributed by atoms with E-state index in [-0.39, 0.29) is 6.04 Å². The van der Waals surface area contributed by atoms with E-state index in [9.17, 15) is 0 Å². The van der Waals surface area contributed by atoms with Crippen LogP contribution in [0.5, 0.6) is 0 Å². The summed E-state index contributed by atoms with van der Waals surface area (Å²) in [5.74, 6) is 0. The normalized spacial score (nSPS) is 19.4. The summed E-state index contributed by atoms with van der Waals surface area (Å²) >= 11 is 5.87. The lowest BCUT2D eigenvalue weighted by atomic mass is 10.2. The summed E-state index contributed by atoms with van der Waals surface area (Å²) in [5.41, 5.74) is 1.29. The van der Waals surface area contributed by atoms with E-state index in [4.69, 9.17) is 16.9 Å².